The zero-order chi connectivity index (χ0) is 13.1. The van der Waals surface area contributed by atoms with Crippen LogP contribution < -0.4 is 0 Å². The van der Waals surface area contributed by atoms with Crippen molar-refractivity contribution in [1.82, 2.24) is 0 Å². The fourth-order valence-electron chi connectivity index (χ4n) is 2.13. The number of phenols is 2. The van der Waals surface area contributed by atoms with Crippen molar-refractivity contribution >= 4 is 0 Å². The molecular weight excluding hydrogens is 224 g/mol. The van der Waals surface area contributed by atoms with Gasteiger partial charge >= 0.3 is 0 Å². The Morgan fingerprint density at radius 2 is 1.50 bits per heavy atom. The highest BCUT2D eigenvalue weighted by Crippen LogP contribution is 2.37. The van der Waals surface area contributed by atoms with Gasteiger partial charge in [0.05, 0.1) is 0 Å². The summed E-state index contributed by atoms with van der Waals surface area (Å²) in [6.07, 6.45) is 1.61. The number of rotatable bonds is 3. The predicted molar refractivity (Wildman–Crippen MR) is 74.0 cm³/mol. The smallest absolute Gasteiger partial charge is 0.130 e. The molecule has 0 aliphatic heterocycles. The molecule has 0 fully saturated rings. The normalized spacial score (nSPS) is 10.6. The highest BCUT2D eigenvalue weighted by atomic mass is 16.3. The summed E-state index contributed by atoms with van der Waals surface area (Å²) < 4.78 is 0. The first-order valence-electron chi connectivity index (χ1n) is 6.30. The zero-order valence-corrected chi connectivity index (χ0v) is 10.8. The van der Waals surface area contributed by atoms with Crippen LogP contribution in [0.5, 0.6) is 11.5 Å². The van der Waals surface area contributed by atoms with Crippen molar-refractivity contribution in [2.24, 2.45) is 0 Å². The van der Waals surface area contributed by atoms with Gasteiger partial charge in [0.2, 0.25) is 0 Å². The Morgan fingerprint density at radius 1 is 0.833 bits per heavy atom. The summed E-state index contributed by atoms with van der Waals surface area (Å²) in [5.74, 6) is 0.339. The highest BCUT2D eigenvalue weighted by molar-refractivity contribution is 5.73. The molecule has 2 aromatic carbocycles. The monoisotopic (exact) mass is 242 g/mol. The van der Waals surface area contributed by atoms with Crippen molar-refractivity contribution < 1.29 is 10.2 Å². The summed E-state index contributed by atoms with van der Waals surface area (Å²) in [6, 6.07) is 11.5. The third kappa shape index (κ3) is 2.19. The molecule has 2 aromatic rings. The largest absolute Gasteiger partial charge is 0.508 e. The van der Waals surface area contributed by atoms with Gasteiger partial charge in [-0.25, -0.2) is 0 Å². The first-order valence-corrected chi connectivity index (χ1v) is 6.30. The Kier molecular flexibility index (Phi) is 3.56. The van der Waals surface area contributed by atoms with E-state index in [0.717, 1.165) is 17.5 Å². The van der Waals surface area contributed by atoms with Crippen molar-refractivity contribution in [1.29, 1.82) is 0 Å². The van der Waals surface area contributed by atoms with Crippen molar-refractivity contribution in [3.05, 3.63) is 47.5 Å². The summed E-state index contributed by atoms with van der Waals surface area (Å²) in [7, 11) is 0. The number of benzene rings is 2. The zero-order valence-electron chi connectivity index (χ0n) is 10.8. The molecule has 0 bridgehead atoms. The Balaban J connectivity index is 2.50. The van der Waals surface area contributed by atoms with Gasteiger partial charge in [-0.2, -0.15) is 0 Å². The molecule has 0 spiro atoms. The van der Waals surface area contributed by atoms with Gasteiger partial charge < -0.3 is 10.2 Å². The van der Waals surface area contributed by atoms with Crippen LogP contribution in [0, 0.1) is 0 Å². The minimum atomic E-state index is 0.156. The highest BCUT2D eigenvalue weighted by Gasteiger charge is 2.11. The molecule has 0 aromatic heterocycles. The predicted octanol–water partition coefficient (Wildman–Crippen LogP) is 3.89. The average molecular weight is 242 g/mol. The van der Waals surface area contributed by atoms with E-state index in [1.54, 1.807) is 12.1 Å². The maximum Gasteiger partial charge on any atom is 0.130 e. The lowest BCUT2D eigenvalue weighted by atomic mass is 9.98. The second kappa shape index (κ2) is 5.13. The lowest BCUT2D eigenvalue weighted by molar-refractivity contribution is 0.441. The second-order valence-electron chi connectivity index (χ2n) is 4.36. The molecule has 94 valence electrons. The molecule has 0 amide bonds. The van der Waals surface area contributed by atoms with Gasteiger partial charge in [0.1, 0.15) is 11.5 Å². The molecule has 2 nitrogen and oxygen atoms in total. The minimum absolute atomic E-state index is 0.156. The third-order valence-corrected chi connectivity index (χ3v) is 3.28. The number of hydrogen-bond acceptors (Lipinski definition) is 2. The molecule has 2 rings (SSSR count). The Labute approximate surface area is 108 Å². The Hall–Kier alpha value is -1.96. The van der Waals surface area contributed by atoms with Crippen molar-refractivity contribution in [2.45, 2.75) is 26.7 Å². The van der Waals surface area contributed by atoms with E-state index in [9.17, 15) is 10.2 Å². The molecule has 0 saturated heterocycles. The molecule has 2 N–H and O–H groups in total. The maximum atomic E-state index is 10.2. The third-order valence-electron chi connectivity index (χ3n) is 3.28. The van der Waals surface area contributed by atoms with Crippen LogP contribution in [-0.2, 0) is 12.8 Å². The van der Waals surface area contributed by atoms with E-state index in [0.29, 0.717) is 12.0 Å². The van der Waals surface area contributed by atoms with E-state index in [1.807, 2.05) is 19.1 Å². The van der Waals surface area contributed by atoms with Crippen molar-refractivity contribution in [3.63, 3.8) is 0 Å². The quantitative estimate of drug-likeness (QED) is 0.857. The molecule has 0 atom stereocenters. The standard InChI is InChI=1S/C16H18O2/c1-3-11-5-7-12(8-6-11)14-9-10-15(17)13(4-2)16(14)18/h5-10,17-18H,3-4H2,1-2H3. The fraction of sp³-hybridized carbons (Fsp3) is 0.250. The van der Waals surface area contributed by atoms with Gasteiger partial charge in [-0.1, -0.05) is 38.1 Å². The number of phenolic OH excluding ortho intramolecular Hbond substituents is 2. The van der Waals surface area contributed by atoms with Crippen LogP contribution in [0.15, 0.2) is 36.4 Å². The van der Waals surface area contributed by atoms with Crippen LogP contribution in [0.25, 0.3) is 11.1 Å². The first kappa shape index (κ1) is 12.5. The Morgan fingerprint density at radius 3 is 2.06 bits per heavy atom. The van der Waals surface area contributed by atoms with E-state index in [2.05, 4.69) is 19.1 Å². The molecule has 2 heteroatoms. The number of aryl methyl sites for hydroxylation is 1. The molecule has 0 aliphatic rings. The summed E-state index contributed by atoms with van der Waals surface area (Å²) in [6.45, 7) is 4.03. The summed E-state index contributed by atoms with van der Waals surface area (Å²) >= 11 is 0. The lowest BCUT2D eigenvalue weighted by Gasteiger charge is -2.11. The van der Waals surface area contributed by atoms with Crippen LogP contribution in [-0.4, -0.2) is 10.2 Å². The molecule has 0 radical (unpaired) electrons. The topological polar surface area (TPSA) is 40.5 Å². The van der Waals surface area contributed by atoms with Crippen LogP contribution in [0.2, 0.25) is 0 Å². The van der Waals surface area contributed by atoms with Crippen LogP contribution in [0.3, 0.4) is 0 Å². The SMILES string of the molecule is CCc1ccc(-c2ccc(O)c(CC)c2O)cc1. The summed E-state index contributed by atoms with van der Waals surface area (Å²) in [4.78, 5) is 0. The average Bonchev–Trinajstić information content (AvgIpc) is 2.40. The fourth-order valence-corrected chi connectivity index (χ4v) is 2.13. The van der Waals surface area contributed by atoms with Gasteiger partial charge in [-0.05, 0) is 36.1 Å². The molecule has 0 heterocycles. The lowest BCUT2D eigenvalue weighted by Crippen LogP contribution is -1.88. The van der Waals surface area contributed by atoms with Crippen LogP contribution in [0.4, 0.5) is 0 Å². The van der Waals surface area contributed by atoms with Crippen LogP contribution >= 0.6 is 0 Å². The van der Waals surface area contributed by atoms with E-state index < -0.39 is 0 Å². The first-order chi connectivity index (χ1) is 8.67. The van der Waals surface area contributed by atoms with Gasteiger partial charge in [-0.3, -0.25) is 0 Å². The Bertz CT molecular complexity index is 542. The number of aromatic hydroxyl groups is 2. The van der Waals surface area contributed by atoms with Gasteiger partial charge in [-0.15, -0.1) is 0 Å². The molecular formula is C16H18O2. The summed E-state index contributed by atoms with van der Waals surface area (Å²) in [5, 5.41) is 19.9. The second-order valence-corrected chi connectivity index (χ2v) is 4.36. The molecule has 0 saturated carbocycles. The van der Waals surface area contributed by atoms with Gasteiger partial charge in [0.25, 0.3) is 0 Å². The van der Waals surface area contributed by atoms with E-state index in [4.69, 9.17) is 0 Å². The number of hydrogen-bond donors (Lipinski definition) is 2. The molecule has 18 heavy (non-hydrogen) atoms. The van der Waals surface area contributed by atoms with Gasteiger partial charge in [0, 0.05) is 11.1 Å². The van der Waals surface area contributed by atoms with Crippen molar-refractivity contribution in [3.8, 4) is 22.6 Å². The maximum absolute atomic E-state index is 10.2. The van der Waals surface area contributed by atoms with Crippen molar-refractivity contribution in [2.75, 3.05) is 0 Å². The summed E-state index contributed by atoms with van der Waals surface area (Å²) in [5.41, 5.74) is 3.62. The van der Waals surface area contributed by atoms with Crippen LogP contribution in [0.1, 0.15) is 25.0 Å². The minimum Gasteiger partial charge on any atom is -0.508 e. The molecule has 0 aliphatic carbocycles. The van der Waals surface area contributed by atoms with E-state index >= 15 is 0 Å². The van der Waals surface area contributed by atoms with E-state index in [1.165, 1.54) is 5.56 Å². The van der Waals surface area contributed by atoms with Gasteiger partial charge in [0.15, 0.2) is 0 Å². The van der Waals surface area contributed by atoms with E-state index in [-0.39, 0.29) is 11.5 Å². The molecule has 0 unspecified atom stereocenters.